The molecule has 146 valence electrons. The second-order valence-corrected chi connectivity index (χ2v) is 11.3. The highest BCUT2D eigenvalue weighted by atomic mass is 32.2. The molecule has 0 saturated carbocycles. The van der Waals surface area contributed by atoms with Crippen LogP contribution in [0.1, 0.15) is 61.3 Å². The fourth-order valence-corrected chi connectivity index (χ4v) is 4.44. The summed E-state index contributed by atoms with van der Waals surface area (Å²) in [5.41, 5.74) is -0.552. The number of nitrogens with one attached hydrogen (secondary N) is 1. The van der Waals surface area contributed by atoms with E-state index in [0.29, 0.717) is 19.7 Å². The predicted molar refractivity (Wildman–Crippen MR) is 99.7 cm³/mol. The average molecular weight is 375 g/mol. The van der Waals surface area contributed by atoms with Gasteiger partial charge in [-0.05, 0) is 61.3 Å². The molecule has 1 spiro atoms. The quantitative estimate of drug-likeness (QED) is 0.753. The zero-order valence-electron chi connectivity index (χ0n) is 16.7. The Kier molecular flexibility index (Phi) is 6.04. The van der Waals surface area contributed by atoms with Crippen LogP contribution in [-0.4, -0.2) is 57.7 Å². The van der Waals surface area contributed by atoms with E-state index in [-0.39, 0.29) is 28.4 Å². The lowest BCUT2D eigenvalue weighted by Crippen LogP contribution is -2.57. The minimum absolute atomic E-state index is 0.0133. The molecule has 2 rings (SSSR count). The Balaban J connectivity index is 2.01. The summed E-state index contributed by atoms with van der Waals surface area (Å²) in [5.74, 6) is 0. The van der Waals surface area contributed by atoms with Crippen molar-refractivity contribution in [3.8, 4) is 0 Å². The van der Waals surface area contributed by atoms with Gasteiger partial charge in [0.1, 0.15) is 10.3 Å². The highest BCUT2D eigenvalue weighted by Crippen LogP contribution is 2.43. The molecule has 2 saturated heterocycles. The first-order chi connectivity index (χ1) is 11.3. The van der Waals surface area contributed by atoms with Crippen molar-refractivity contribution in [1.29, 1.82) is 0 Å². The minimum Gasteiger partial charge on any atom is -0.598 e. The van der Waals surface area contributed by atoms with Crippen molar-refractivity contribution in [1.82, 2.24) is 9.62 Å². The molecule has 25 heavy (non-hydrogen) atoms. The fourth-order valence-electron chi connectivity index (χ4n) is 3.41. The normalized spacial score (nSPS) is 28.2. The lowest BCUT2D eigenvalue weighted by molar-refractivity contribution is 0.00644. The number of hydrogen-bond acceptors (Lipinski definition) is 5. The van der Waals surface area contributed by atoms with Crippen LogP contribution in [0.5, 0.6) is 0 Å². The van der Waals surface area contributed by atoms with Crippen LogP contribution in [0.15, 0.2) is 0 Å². The van der Waals surface area contributed by atoms with E-state index in [1.807, 2.05) is 48.5 Å². The Labute approximate surface area is 155 Å². The molecule has 1 amide bonds. The Hall–Kier alpha value is -0.500. The van der Waals surface area contributed by atoms with Gasteiger partial charge in [-0.3, -0.25) is 0 Å². The van der Waals surface area contributed by atoms with Gasteiger partial charge in [0, 0.05) is 29.9 Å². The molecule has 0 aliphatic carbocycles. The van der Waals surface area contributed by atoms with Crippen LogP contribution in [0, 0.1) is 5.41 Å². The van der Waals surface area contributed by atoms with E-state index < -0.39 is 17.0 Å². The molecule has 0 bridgehead atoms. The van der Waals surface area contributed by atoms with Crippen LogP contribution < -0.4 is 4.72 Å². The first kappa shape index (κ1) is 20.8. The second kappa shape index (κ2) is 7.25. The van der Waals surface area contributed by atoms with E-state index in [0.717, 1.165) is 12.8 Å². The third-order valence-corrected chi connectivity index (χ3v) is 6.54. The number of rotatable bonds is 2. The van der Waals surface area contributed by atoms with Gasteiger partial charge < -0.3 is 18.9 Å². The van der Waals surface area contributed by atoms with Gasteiger partial charge >= 0.3 is 6.09 Å². The van der Waals surface area contributed by atoms with Crippen molar-refractivity contribution < 1.29 is 18.8 Å². The van der Waals surface area contributed by atoms with E-state index in [1.54, 1.807) is 4.90 Å². The van der Waals surface area contributed by atoms with Gasteiger partial charge in [-0.1, -0.05) is 0 Å². The lowest BCUT2D eigenvalue weighted by Gasteiger charge is -2.43. The van der Waals surface area contributed by atoms with Crippen molar-refractivity contribution in [2.24, 2.45) is 5.41 Å². The second-order valence-electron chi connectivity index (χ2n) is 9.32. The fraction of sp³-hybridized carbons (Fsp3) is 0.944. The van der Waals surface area contributed by atoms with Crippen LogP contribution >= 0.6 is 0 Å². The molecule has 7 heteroatoms. The largest absolute Gasteiger partial charge is 0.598 e. The lowest BCUT2D eigenvalue weighted by atomic mass is 9.73. The molecule has 2 heterocycles. The van der Waals surface area contributed by atoms with E-state index in [4.69, 9.17) is 9.47 Å². The van der Waals surface area contributed by atoms with Gasteiger partial charge in [0.2, 0.25) is 0 Å². The number of likely N-dealkylation sites (tertiary alicyclic amines) is 1. The Bertz CT molecular complexity index is 478. The van der Waals surface area contributed by atoms with Gasteiger partial charge in [-0.15, -0.1) is 4.72 Å². The maximum atomic E-state index is 12.6. The molecule has 2 fully saturated rings. The number of hydrogen-bond donors (Lipinski definition) is 1. The topological polar surface area (TPSA) is 73.9 Å². The number of carbonyl (C=O) groups is 1. The Morgan fingerprint density at radius 1 is 1.24 bits per heavy atom. The average Bonchev–Trinajstić information content (AvgIpc) is 2.75. The van der Waals surface area contributed by atoms with Crippen LogP contribution in [0.2, 0.25) is 0 Å². The summed E-state index contributed by atoms with van der Waals surface area (Å²) < 4.78 is 27.0. The van der Waals surface area contributed by atoms with Crippen LogP contribution in [0.4, 0.5) is 4.79 Å². The van der Waals surface area contributed by atoms with Gasteiger partial charge in [0.25, 0.3) is 0 Å². The molecule has 0 aromatic heterocycles. The van der Waals surface area contributed by atoms with Gasteiger partial charge in [-0.2, -0.15) is 0 Å². The highest BCUT2D eigenvalue weighted by Gasteiger charge is 2.52. The number of piperidine rings is 1. The maximum Gasteiger partial charge on any atom is 0.410 e. The summed E-state index contributed by atoms with van der Waals surface area (Å²) in [7, 11) is 0. The van der Waals surface area contributed by atoms with Crippen molar-refractivity contribution >= 4 is 17.5 Å². The maximum absolute atomic E-state index is 12.6. The third-order valence-electron chi connectivity index (χ3n) is 4.96. The third kappa shape index (κ3) is 5.02. The Morgan fingerprint density at radius 2 is 1.80 bits per heavy atom. The molecule has 2 aliphatic heterocycles. The molecule has 0 aromatic carbocycles. The molecule has 2 aliphatic rings. The smallest absolute Gasteiger partial charge is 0.410 e. The predicted octanol–water partition coefficient (Wildman–Crippen LogP) is 2.84. The number of ether oxygens (including phenoxy) is 2. The zero-order valence-corrected chi connectivity index (χ0v) is 17.5. The Morgan fingerprint density at radius 3 is 2.28 bits per heavy atom. The molecule has 3 atom stereocenters. The molecular formula is C18H34N2O4S. The van der Waals surface area contributed by atoms with E-state index >= 15 is 0 Å². The number of nitrogens with zero attached hydrogens (tertiary/aromatic N) is 1. The standard InChI is InChI=1S/C18H34N2O4S/c1-13-14(19-25(22)17(5,6)7)18(12-23-13)8-10-20(11-9-18)15(21)24-16(2,3)4/h13-14,19H,8-12H2,1-7H3/t13-,14+,25-/m0/s1. The summed E-state index contributed by atoms with van der Waals surface area (Å²) in [6, 6.07) is 0.0355. The van der Waals surface area contributed by atoms with Crippen LogP contribution in [0.3, 0.4) is 0 Å². The SMILES string of the molecule is C[C@@H]1OCC2(CCN(C(=O)OC(C)(C)C)CC2)[C@@H]1N[S@@+]([O-])C(C)(C)C. The summed E-state index contributed by atoms with van der Waals surface area (Å²) in [6.07, 6.45) is 1.42. The van der Waals surface area contributed by atoms with Gasteiger partial charge in [-0.25, -0.2) is 4.79 Å². The molecule has 0 unspecified atom stereocenters. The van der Waals surface area contributed by atoms with Crippen LogP contribution in [0.25, 0.3) is 0 Å². The molecule has 0 radical (unpaired) electrons. The minimum atomic E-state index is -1.14. The molecule has 6 nitrogen and oxygen atoms in total. The first-order valence-electron chi connectivity index (χ1n) is 9.12. The summed E-state index contributed by atoms with van der Waals surface area (Å²) in [5, 5.41) is 0. The van der Waals surface area contributed by atoms with Crippen molar-refractivity contribution in [3.05, 3.63) is 0 Å². The highest BCUT2D eigenvalue weighted by molar-refractivity contribution is 7.90. The van der Waals surface area contributed by atoms with Gasteiger partial charge in [0.15, 0.2) is 0 Å². The number of carbonyl (C=O) groups excluding carboxylic acids is 1. The van der Waals surface area contributed by atoms with E-state index in [2.05, 4.69) is 4.72 Å². The summed E-state index contributed by atoms with van der Waals surface area (Å²) in [4.78, 5) is 14.1. The monoisotopic (exact) mass is 374 g/mol. The summed E-state index contributed by atoms with van der Waals surface area (Å²) >= 11 is -1.14. The van der Waals surface area contributed by atoms with Crippen molar-refractivity contribution in [3.63, 3.8) is 0 Å². The van der Waals surface area contributed by atoms with Gasteiger partial charge in [0.05, 0.1) is 18.8 Å². The molecule has 0 aromatic rings. The van der Waals surface area contributed by atoms with Crippen LogP contribution in [-0.2, 0) is 20.8 Å². The molecular weight excluding hydrogens is 340 g/mol. The van der Waals surface area contributed by atoms with Crippen molar-refractivity contribution in [2.45, 2.75) is 83.8 Å². The number of amides is 1. The van der Waals surface area contributed by atoms with E-state index in [9.17, 15) is 9.35 Å². The molecule has 1 N–H and O–H groups in total. The zero-order chi connectivity index (χ0) is 19.0. The van der Waals surface area contributed by atoms with E-state index in [1.165, 1.54) is 0 Å². The summed E-state index contributed by atoms with van der Waals surface area (Å²) in [6.45, 7) is 15.5. The first-order valence-corrected chi connectivity index (χ1v) is 10.3. The van der Waals surface area contributed by atoms with Crippen molar-refractivity contribution in [2.75, 3.05) is 19.7 Å².